The van der Waals surface area contributed by atoms with E-state index < -0.39 is 23.8 Å². The van der Waals surface area contributed by atoms with Crippen molar-refractivity contribution in [2.45, 2.75) is 13.0 Å². The molecule has 114 valence electrons. The van der Waals surface area contributed by atoms with E-state index in [4.69, 9.17) is 4.74 Å². The number of ether oxygens (including phenoxy) is 1. The van der Waals surface area contributed by atoms with Crippen LogP contribution < -0.4 is 5.32 Å². The second kappa shape index (κ2) is 7.17. The summed E-state index contributed by atoms with van der Waals surface area (Å²) in [6.07, 6.45) is -1.05. The van der Waals surface area contributed by atoms with Crippen molar-refractivity contribution in [3.05, 3.63) is 64.4 Å². The highest BCUT2D eigenvalue weighted by Crippen LogP contribution is 2.14. The van der Waals surface area contributed by atoms with E-state index in [2.05, 4.69) is 21.2 Å². The minimum Gasteiger partial charge on any atom is -0.449 e. The molecule has 0 bridgehead atoms. The van der Waals surface area contributed by atoms with Crippen LogP contribution in [0.4, 0.5) is 10.1 Å². The maximum atomic E-state index is 13.5. The number of hydrogen-bond acceptors (Lipinski definition) is 3. The van der Waals surface area contributed by atoms with Crippen LogP contribution in [0.1, 0.15) is 17.3 Å². The minimum atomic E-state index is -1.05. The van der Waals surface area contributed by atoms with Crippen LogP contribution in [0.5, 0.6) is 0 Å². The van der Waals surface area contributed by atoms with Gasteiger partial charge in [-0.15, -0.1) is 0 Å². The molecule has 0 fully saturated rings. The molecule has 2 aromatic rings. The normalized spacial score (nSPS) is 11.6. The van der Waals surface area contributed by atoms with E-state index in [9.17, 15) is 14.0 Å². The number of halogens is 2. The van der Waals surface area contributed by atoms with Gasteiger partial charge < -0.3 is 10.1 Å². The summed E-state index contributed by atoms with van der Waals surface area (Å²) in [6, 6.07) is 12.3. The number of anilines is 1. The number of esters is 1. The quantitative estimate of drug-likeness (QED) is 0.839. The lowest BCUT2D eigenvalue weighted by Gasteiger charge is -2.14. The second-order valence-electron chi connectivity index (χ2n) is 4.52. The fourth-order valence-corrected chi connectivity index (χ4v) is 1.93. The first-order valence-electron chi connectivity index (χ1n) is 6.49. The summed E-state index contributed by atoms with van der Waals surface area (Å²) >= 11 is 3.26. The molecule has 0 spiro atoms. The summed E-state index contributed by atoms with van der Waals surface area (Å²) < 4.78 is 19.3. The third kappa shape index (κ3) is 4.14. The number of hydrogen-bond donors (Lipinski definition) is 1. The van der Waals surface area contributed by atoms with Crippen LogP contribution in [-0.4, -0.2) is 18.0 Å². The van der Waals surface area contributed by atoms with Crippen LogP contribution in [0.25, 0.3) is 0 Å². The average Bonchev–Trinajstić information content (AvgIpc) is 2.50. The Hall–Kier alpha value is -2.21. The molecule has 0 aliphatic carbocycles. The van der Waals surface area contributed by atoms with Crippen molar-refractivity contribution in [3.8, 4) is 0 Å². The monoisotopic (exact) mass is 365 g/mol. The largest absolute Gasteiger partial charge is 0.449 e. The molecule has 22 heavy (non-hydrogen) atoms. The van der Waals surface area contributed by atoms with Crippen LogP contribution in [0, 0.1) is 5.82 Å². The first-order chi connectivity index (χ1) is 10.5. The van der Waals surface area contributed by atoms with Crippen LogP contribution in [-0.2, 0) is 9.53 Å². The highest BCUT2D eigenvalue weighted by Gasteiger charge is 2.19. The fraction of sp³-hybridized carbons (Fsp3) is 0.125. The highest BCUT2D eigenvalue weighted by molar-refractivity contribution is 9.10. The van der Waals surface area contributed by atoms with Crippen molar-refractivity contribution in [2.24, 2.45) is 0 Å². The number of rotatable bonds is 4. The summed E-state index contributed by atoms with van der Waals surface area (Å²) in [4.78, 5) is 23.8. The fourth-order valence-electron chi connectivity index (χ4n) is 1.67. The van der Waals surface area contributed by atoms with Gasteiger partial charge in [-0.2, -0.15) is 0 Å². The zero-order valence-electron chi connectivity index (χ0n) is 11.7. The van der Waals surface area contributed by atoms with E-state index in [1.807, 2.05) is 0 Å². The van der Waals surface area contributed by atoms with Gasteiger partial charge in [-0.05, 0) is 43.3 Å². The van der Waals surface area contributed by atoms with Crippen molar-refractivity contribution in [1.29, 1.82) is 0 Å². The lowest BCUT2D eigenvalue weighted by atomic mass is 10.2. The van der Waals surface area contributed by atoms with E-state index in [1.165, 1.54) is 25.1 Å². The Bertz CT molecular complexity index is 688. The van der Waals surface area contributed by atoms with Crippen molar-refractivity contribution in [3.63, 3.8) is 0 Å². The molecule has 2 aromatic carbocycles. The van der Waals surface area contributed by atoms with Crippen molar-refractivity contribution in [2.75, 3.05) is 5.32 Å². The van der Waals surface area contributed by atoms with Crippen LogP contribution >= 0.6 is 15.9 Å². The SMILES string of the molecule is C[C@H](OC(=O)c1ccc(Br)cc1)C(=O)Nc1ccccc1F. The lowest BCUT2D eigenvalue weighted by molar-refractivity contribution is -0.123. The molecule has 0 aliphatic heterocycles. The van der Waals surface area contributed by atoms with Gasteiger partial charge in [-0.25, -0.2) is 9.18 Å². The number of nitrogens with one attached hydrogen (secondary N) is 1. The Labute approximate surface area is 135 Å². The van der Waals surface area contributed by atoms with Crippen LogP contribution in [0.2, 0.25) is 0 Å². The van der Waals surface area contributed by atoms with Gasteiger partial charge in [-0.1, -0.05) is 28.1 Å². The number of para-hydroxylation sites is 1. The summed E-state index contributed by atoms with van der Waals surface area (Å²) in [6.45, 7) is 1.42. The smallest absolute Gasteiger partial charge is 0.338 e. The third-order valence-corrected chi connectivity index (χ3v) is 3.39. The zero-order chi connectivity index (χ0) is 16.1. The molecule has 0 unspecified atom stereocenters. The molecule has 6 heteroatoms. The van der Waals surface area contributed by atoms with Gasteiger partial charge in [0.05, 0.1) is 11.3 Å². The molecule has 0 aromatic heterocycles. The molecule has 0 aliphatic rings. The molecule has 4 nitrogen and oxygen atoms in total. The minimum absolute atomic E-state index is 0.0408. The Morgan fingerprint density at radius 2 is 1.77 bits per heavy atom. The molecule has 1 N–H and O–H groups in total. The standard InChI is InChI=1S/C16H13BrFNO3/c1-10(15(20)19-14-5-3-2-4-13(14)18)22-16(21)11-6-8-12(17)9-7-11/h2-10H,1H3,(H,19,20)/t10-/m0/s1. The van der Waals surface area contributed by atoms with E-state index in [0.29, 0.717) is 5.56 Å². The van der Waals surface area contributed by atoms with Gasteiger partial charge in [0.2, 0.25) is 0 Å². The predicted octanol–water partition coefficient (Wildman–Crippen LogP) is 3.77. The molecule has 0 saturated heterocycles. The maximum absolute atomic E-state index is 13.5. The van der Waals surface area contributed by atoms with Gasteiger partial charge in [0.25, 0.3) is 5.91 Å². The molecule has 0 radical (unpaired) electrons. The Kier molecular flexibility index (Phi) is 5.27. The van der Waals surface area contributed by atoms with E-state index in [1.54, 1.807) is 30.3 Å². The van der Waals surface area contributed by atoms with Gasteiger partial charge in [0.15, 0.2) is 6.10 Å². The van der Waals surface area contributed by atoms with Gasteiger partial charge in [-0.3, -0.25) is 4.79 Å². The Balaban J connectivity index is 1.98. The molecule has 1 atom stereocenters. The topological polar surface area (TPSA) is 55.4 Å². The van der Waals surface area contributed by atoms with E-state index >= 15 is 0 Å². The van der Waals surface area contributed by atoms with Crippen molar-refractivity contribution in [1.82, 2.24) is 0 Å². The molecule has 2 rings (SSSR count). The number of benzene rings is 2. The predicted molar refractivity (Wildman–Crippen MR) is 84.0 cm³/mol. The summed E-state index contributed by atoms with van der Waals surface area (Å²) in [5.74, 6) is -1.78. The van der Waals surface area contributed by atoms with Gasteiger partial charge in [0.1, 0.15) is 5.82 Å². The van der Waals surface area contributed by atoms with Crippen molar-refractivity contribution < 1.29 is 18.7 Å². The van der Waals surface area contributed by atoms with Crippen molar-refractivity contribution >= 4 is 33.5 Å². The zero-order valence-corrected chi connectivity index (χ0v) is 13.3. The van der Waals surface area contributed by atoms with Crippen LogP contribution in [0.15, 0.2) is 53.0 Å². The Morgan fingerprint density at radius 3 is 2.41 bits per heavy atom. The first kappa shape index (κ1) is 16.2. The van der Waals surface area contributed by atoms with E-state index in [0.717, 1.165) is 4.47 Å². The maximum Gasteiger partial charge on any atom is 0.338 e. The molecule has 0 saturated carbocycles. The molecule has 1 amide bonds. The van der Waals surface area contributed by atoms with Gasteiger partial charge in [0, 0.05) is 4.47 Å². The second-order valence-corrected chi connectivity index (χ2v) is 5.44. The van der Waals surface area contributed by atoms with Crippen LogP contribution in [0.3, 0.4) is 0 Å². The molecule has 0 heterocycles. The number of carbonyl (C=O) groups is 2. The third-order valence-electron chi connectivity index (χ3n) is 2.86. The van der Waals surface area contributed by atoms with Gasteiger partial charge >= 0.3 is 5.97 Å². The first-order valence-corrected chi connectivity index (χ1v) is 7.28. The van der Waals surface area contributed by atoms with E-state index in [-0.39, 0.29) is 5.69 Å². The highest BCUT2D eigenvalue weighted by atomic mass is 79.9. The number of carbonyl (C=O) groups excluding carboxylic acids is 2. The molecular weight excluding hydrogens is 353 g/mol. The lowest BCUT2D eigenvalue weighted by Crippen LogP contribution is -2.30. The summed E-state index contributed by atoms with van der Waals surface area (Å²) in [5.41, 5.74) is 0.368. The average molecular weight is 366 g/mol. The summed E-state index contributed by atoms with van der Waals surface area (Å²) in [5, 5.41) is 2.38. The summed E-state index contributed by atoms with van der Waals surface area (Å²) in [7, 11) is 0. The number of amides is 1. The Morgan fingerprint density at radius 1 is 1.14 bits per heavy atom. The molecular formula is C16H13BrFNO3.